The Morgan fingerprint density at radius 1 is 0.829 bits per heavy atom. The third-order valence-electron chi connectivity index (χ3n) is 4.84. The van der Waals surface area contributed by atoms with E-state index in [2.05, 4.69) is 15.8 Å². The summed E-state index contributed by atoms with van der Waals surface area (Å²) in [7, 11) is 0. The van der Waals surface area contributed by atoms with Gasteiger partial charge in [-0.2, -0.15) is 5.10 Å². The van der Waals surface area contributed by atoms with Gasteiger partial charge in [0.1, 0.15) is 5.75 Å². The van der Waals surface area contributed by atoms with Crippen LogP contribution in [0.3, 0.4) is 0 Å². The van der Waals surface area contributed by atoms with Crippen LogP contribution >= 0.6 is 23.2 Å². The van der Waals surface area contributed by atoms with Gasteiger partial charge in [0.25, 0.3) is 0 Å². The van der Waals surface area contributed by atoms with Crippen molar-refractivity contribution in [2.45, 2.75) is 0 Å². The lowest BCUT2D eigenvalue weighted by molar-refractivity contribution is -0.136. The normalized spacial score (nSPS) is 10.8. The molecular weight excluding hydrogens is 489 g/mol. The molecule has 0 spiro atoms. The molecule has 0 aliphatic heterocycles. The van der Waals surface area contributed by atoms with E-state index in [-0.39, 0.29) is 16.3 Å². The topological polar surface area (TPSA) is 96.9 Å². The summed E-state index contributed by atoms with van der Waals surface area (Å²) < 4.78 is 5.35. The van der Waals surface area contributed by atoms with Crippen LogP contribution in [-0.2, 0) is 9.59 Å². The number of carbonyl (C=O) groups excluding carboxylic acids is 3. The van der Waals surface area contributed by atoms with Gasteiger partial charge in [-0.1, -0.05) is 71.7 Å². The molecule has 0 aromatic heterocycles. The van der Waals surface area contributed by atoms with Gasteiger partial charge in [-0.25, -0.2) is 10.2 Å². The second-order valence-corrected chi connectivity index (χ2v) is 8.11. The maximum atomic E-state index is 12.4. The van der Waals surface area contributed by atoms with Crippen LogP contribution in [0.5, 0.6) is 5.75 Å². The molecule has 0 radical (unpaired) electrons. The molecule has 2 N–H and O–H groups in total. The van der Waals surface area contributed by atoms with Crippen LogP contribution in [0, 0.1) is 0 Å². The number of nitrogens with zero attached hydrogens (tertiary/aromatic N) is 1. The number of amides is 2. The molecule has 2 amide bonds. The third-order valence-corrected chi connectivity index (χ3v) is 5.39. The molecule has 0 bridgehead atoms. The van der Waals surface area contributed by atoms with Gasteiger partial charge in [0.2, 0.25) is 0 Å². The molecule has 0 saturated heterocycles. The van der Waals surface area contributed by atoms with Crippen molar-refractivity contribution in [3.8, 4) is 5.75 Å². The van der Waals surface area contributed by atoms with Crippen molar-refractivity contribution in [2.75, 3.05) is 5.32 Å². The molecular formula is C26H17Cl2N3O4. The summed E-state index contributed by atoms with van der Waals surface area (Å²) in [6, 6.07) is 23.8. The zero-order valence-corrected chi connectivity index (χ0v) is 19.5. The maximum absolute atomic E-state index is 12.4. The molecule has 0 heterocycles. The molecule has 4 aromatic rings. The SMILES string of the molecule is O=C(N/N=C\c1cccc(OC(=O)c2ccc(Cl)cc2Cl)c1)C(=O)Nc1cccc2ccccc12. The highest BCUT2D eigenvalue weighted by Gasteiger charge is 2.15. The number of hydrogen-bond acceptors (Lipinski definition) is 5. The van der Waals surface area contributed by atoms with E-state index in [1.165, 1.54) is 30.5 Å². The van der Waals surface area contributed by atoms with E-state index < -0.39 is 17.8 Å². The van der Waals surface area contributed by atoms with Gasteiger partial charge in [0.15, 0.2) is 0 Å². The van der Waals surface area contributed by atoms with Gasteiger partial charge >= 0.3 is 17.8 Å². The Hall–Kier alpha value is -4.20. The van der Waals surface area contributed by atoms with E-state index in [9.17, 15) is 14.4 Å². The predicted molar refractivity (Wildman–Crippen MR) is 136 cm³/mol. The number of benzene rings is 4. The molecule has 0 aliphatic rings. The minimum absolute atomic E-state index is 0.166. The van der Waals surface area contributed by atoms with Crippen molar-refractivity contribution < 1.29 is 19.1 Å². The van der Waals surface area contributed by atoms with Gasteiger partial charge in [-0.15, -0.1) is 0 Å². The Balaban J connectivity index is 1.36. The van der Waals surface area contributed by atoms with Crippen LogP contribution in [-0.4, -0.2) is 24.0 Å². The van der Waals surface area contributed by atoms with Gasteiger partial charge in [-0.05, 0) is 47.3 Å². The first kappa shape index (κ1) is 23.9. The number of ether oxygens (including phenoxy) is 1. The smallest absolute Gasteiger partial charge is 0.345 e. The molecule has 4 rings (SSSR count). The highest BCUT2D eigenvalue weighted by atomic mass is 35.5. The van der Waals surface area contributed by atoms with Crippen molar-refractivity contribution in [1.29, 1.82) is 0 Å². The van der Waals surface area contributed by atoms with Gasteiger partial charge in [-0.3, -0.25) is 9.59 Å². The van der Waals surface area contributed by atoms with E-state index in [4.69, 9.17) is 27.9 Å². The second kappa shape index (κ2) is 10.8. The zero-order chi connectivity index (χ0) is 24.8. The van der Waals surface area contributed by atoms with Crippen LogP contribution < -0.4 is 15.5 Å². The second-order valence-electron chi connectivity index (χ2n) is 7.27. The quantitative estimate of drug-likeness (QED) is 0.124. The molecule has 7 nitrogen and oxygen atoms in total. The van der Waals surface area contributed by atoms with Gasteiger partial charge in [0, 0.05) is 16.1 Å². The van der Waals surface area contributed by atoms with E-state index in [1.807, 2.05) is 30.3 Å². The first-order valence-electron chi connectivity index (χ1n) is 10.3. The number of esters is 1. The van der Waals surface area contributed by atoms with Gasteiger partial charge in [0.05, 0.1) is 16.8 Å². The summed E-state index contributed by atoms with van der Waals surface area (Å²) in [5, 5.41) is 8.71. The highest BCUT2D eigenvalue weighted by Crippen LogP contribution is 2.24. The summed E-state index contributed by atoms with van der Waals surface area (Å²) in [6.45, 7) is 0. The molecule has 0 aliphatic carbocycles. The fraction of sp³-hybridized carbons (Fsp3) is 0. The number of halogens is 2. The monoisotopic (exact) mass is 505 g/mol. The predicted octanol–water partition coefficient (Wildman–Crippen LogP) is 5.45. The van der Waals surface area contributed by atoms with E-state index in [0.717, 1.165) is 10.8 Å². The van der Waals surface area contributed by atoms with Crippen LogP contribution in [0.25, 0.3) is 10.8 Å². The lowest BCUT2D eigenvalue weighted by Crippen LogP contribution is -2.32. The molecule has 4 aromatic carbocycles. The number of rotatable bonds is 5. The zero-order valence-electron chi connectivity index (χ0n) is 18.0. The fourth-order valence-electron chi connectivity index (χ4n) is 3.21. The number of fused-ring (bicyclic) bond motifs is 1. The van der Waals surface area contributed by atoms with Crippen molar-refractivity contribution in [1.82, 2.24) is 5.43 Å². The van der Waals surface area contributed by atoms with Crippen LogP contribution in [0.15, 0.2) is 90.0 Å². The summed E-state index contributed by atoms with van der Waals surface area (Å²) >= 11 is 11.9. The van der Waals surface area contributed by atoms with E-state index >= 15 is 0 Å². The van der Waals surface area contributed by atoms with E-state index in [1.54, 1.807) is 30.3 Å². The Morgan fingerprint density at radius 3 is 2.43 bits per heavy atom. The molecule has 174 valence electrons. The average molecular weight is 506 g/mol. The van der Waals surface area contributed by atoms with Crippen molar-refractivity contribution in [3.05, 3.63) is 106 Å². The molecule has 9 heteroatoms. The molecule has 0 atom stereocenters. The summed E-state index contributed by atoms with van der Waals surface area (Å²) in [5.74, 6) is -2.21. The van der Waals surface area contributed by atoms with Crippen LogP contribution in [0.2, 0.25) is 10.0 Å². The minimum atomic E-state index is -0.936. The summed E-state index contributed by atoms with van der Waals surface area (Å²) in [6.07, 6.45) is 1.32. The van der Waals surface area contributed by atoms with Crippen molar-refractivity contribution >= 4 is 63.7 Å². The molecule has 0 saturated carbocycles. The molecule has 35 heavy (non-hydrogen) atoms. The fourth-order valence-corrected chi connectivity index (χ4v) is 3.69. The highest BCUT2D eigenvalue weighted by molar-refractivity contribution is 6.40. The number of hydrazone groups is 1. The maximum Gasteiger partial charge on any atom is 0.345 e. The number of carbonyl (C=O) groups is 3. The Bertz CT molecular complexity index is 1460. The summed E-state index contributed by atoms with van der Waals surface area (Å²) in [4.78, 5) is 36.8. The third kappa shape index (κ3) is 6.03. The number of hydrogen-bond donors (Lipinski definition) is 2. The first-order chi connectivity index (χ1) is 16.9. The van der Waals surface area contributed by atoms with Crippen molar-refractivity contribution in [3.63, 3.8) is 0 Å². The Morgan fingerprint density at radius 2 is 1.60 bits per heavy atom. The van der Waals surface area contributed by atoms with Crippen LogP contribution in [0.4, 0.5) is 5.69 Å². The van der Waals surface area contributed by atoms with Gasteiger partial charge < -0.3 is 10.1 Å². The minimum Gasteiger partial charge on any atom is -0.423 e. The lowest BCUT2D eigenvalue weighted by atomic mass is 10.1. The van der Waals surface area contributed by atoms with E-state index in [0.29, 0.717) is 16.3 Å². The lowest BCUT2D eigenvalue weighted by Gasteiger charge is -2.08. The number of anilines is 1. The molecule has 0 unspecified atom stereocenters. The standard InChI is InChI=1S/C26H17Cl2N3O4/c27-18-11-12-21(22(28)14-18)26(34)35-19-8-3-5-16(13-19)15-29-31-25(33)24(32)30-23-10-4-7-17-6-1-2-9-20(17)23/h1-15H,(H,30,32)(H,31,33)/b29-15-. The Labute approximate surface area is 210 Å². The summed E-state index contributed by atoms with van der Waals surface area (Å²) in [5.41, 5.74) is 3.38. The van der Waals surface area contributed by atoms with Crippen molar-refractivity contribution in [2.24, 2.45) is 5.10 Å². The largest absolute Gasteiger partial charge is 0.423 e. The van der Waals surface area contributed by atoms with Crippen LogP contribution in [0.1, 0.15) is 15.9 Å². The average Bonchev–Trinajstić information content (AvgIpc) is 2.84. The molecule has 0 fully saturated rings. The Kier molecular flexibility index (Phi) is 7.40. The first-order valence-corrected chi connectivity index (χ1v) is 11.1. The number of nitrogens with one attached hydrogen (secondary N) is 2.